The SMILES string of the molecule is O=C1C2C3C=CC(C3)C2C(=O)N1Cc1cccc(Br)c1. The smallest absolute Gasteiger partial charge is 0.234 e. The fourth-order valence-electron chi connectivity index (χ4n) is 3.94. The summed E-state index contributed by atoms with van der Waals surface area (Å²) in [6.07, 6.45) is 5.23. The third kappa shape index (κ3) is 1.64. The zero-order valence-electron chi connectivity index (χ0n) is 10.8. The van der Waals surface area contributed by atoms with Gasteiger partial charge in [-0.1, -0.05) is 40.2 Å². The molecule has 4 rings (SSSR count). The van der Waals surface area contributed by atoms with Gasteiger partial charge in [-0.2, -0.15) is 0 Å². The Labute approximate surface area is 125 Å². The molecule has 1 aromatic carbocycles. The Morgan fingerprint density at radius 1 is 1.10 bits per heavy atom. The first kappa shape index (κ1) is 12.3. The summed E-state index contributed by atoms with van der Waals surface area (Å²) in [7, 11) is 0. The summed E-state index contributed by atoms with van der Waals surface area (Å²) in [6.45, 7) is 0.392. The molecule has 1 aromatic rings. The molecule has 1 aliphatic heterocycles. The molecule has 1 saturated heterocycles. The van der Waals surface area contributed by atoms with Crippen molar-refractivity contribution in [3.8, 4) is 0 Å². The highest BCUT2D eigenvalue weighted by molar-refractivity contribution is 9.10. The number of benzene rings is 1. The number of likely N-dealkylation sites (tertiary alicyclic amines) is 1. The summed E-state index contributed by atoms with van der Waals surface area (Å²) >= 11 is 3.42. The maximum Gasteiger partial charge on any atom is 0.234 e. The fraction of sp³-hybridized carbons (Fsp3) is 0.375. The van der Waals surface area contributed by atoms with Gasteiger partial charge in [-0.05, 0) is 36.0 Å². The first-order chi connectivity index (χ1) is 9.65. The zero-order chi connectivity index (χ0) is 13.9. The molecule has 1 heterocycles. The lowest BCUT2D eigenvalue weighted by Gasteiger charge is -2.17. The van der Waals surface area contributed by atoms with E-state index >= 15 is 0 Å². The minimum Gasteiger partial charge on any atom is -0.278 e. The van der Waals surface area contributed by atoms with Crippen molar-refractivity contribution < 1.29 is 9.59 Å². The fourth-order valence-corrected chi connectivity index (χ4v) is 4.38. The van der Waals surface area contributed by atoms with E-state index in [1.807, 2.05) is 24.3 Å². The Balaban J connectivity index is 1.62. The van der Waals surface area contributed by atoms with Crippen LogP contribution in [0.15, 0.2) is 40.9 Å². The molecule has 102 valence electrons. The number of allylic oxidation sites excluding steroid dienone is 2. The second-order valence-electron chi connectivity index (χ2n) is 5.89. The first-order valence-electron chi connectivity index (χ1n) is 6.93. The van der Waals surface area contributed by atoms with Gasteiger partial charge in [0.25, 0.3) is 0 Å². The van der Waals surface area contributed by atoms with Crippen LogP contribution in [0.25, 0.3) is 0 Å². The van der Waals surface area contributed by atoms with Gasteiger partial charge in [0.2, 0.25) is 11.8 Å². The topological polar surface area (TPSA) is 37.4 Å². The van der Waals surface area contributed by atoms with Crippen LogP contribution in [0.1, 0.15) is 12.0 Å². The molecule has 2 bridgehead atoms. The number of fused-ring (bicyclic) bond motifs is 5. The third-order valence-corrected chi connectivity index (χ3v) is 5.28. The number of hydrogen-bond acceptors (Lipinski definition) is 2. The van der Waals surface area contributed by atoms with E-state index in [-0.39, 0.29) is 35.5 Å². The Kier molecular flexibility index (Phi) is 2.64. The molecule has 4 unspecified atom stereocenters. The summed E-state index contributed by atoms with van der Waals surface area (Å²) in [5.74, 6) is 0.436. The number of imide groups is 1. The van der Waals surface area contributed by atoms with Crippen molar-refractivity contribution in [1.29, 1.82) is 0 Å². The van der Waals surface area contributed by atoms with Crippen molar-refractivity contribution in [2.24, 2.45) is 23.7 Å². The maximum atomic E-state index is 12.5. The second-order valence-corrected chi connectivity index (χ2v) is 6.81. The molecule has 0 aromatic heterocycles. The van der Waals surface area contributed by atoms with E-state index in [1.54, 1.807) is 0 Å². The Bertz CT molecular complexity index is 609. The second kappa shape index (κ2) is 4.29. The molecule has 0 spiro atoms. The van der Waals surface area contributed by atoms with Gasteiger partial charge in [0.1, 0.15) is 0 Å². The summed E-state index contributed by atoms with van der Waals surface area (Å²) in [6, 6.07) is 7.78. The molecule has 4 heteroatoms. The minimum atomic E-state index is -0.0929. The molecule has 3 aliphatic rings. The molecule has 1 saturated carbocycles. The Hall–Kier alpha value is -1.42. The van der Waals surface area contributed by atoms with Crippen molar-refractivity contribution in [1.82, 2.24) is 4.90 Å². The number of nitrogens with zero attached hydrogens (tertiary/aromatic N) is 1. The van der Waals surface area contributed by atoms with Crippen LogP contribution in [0.4, 0.5) is 0 Å². The van der Waals surface area contributed by atoms with Gasteiger partial charge < -0.3 is 0 Å². The van der Waals surface area contributed by atoms with Crippen LogP contribution in [0.2, 0.25) is 0 Å². The molecule has 20 heavy (non-hydrogen) atoms. The van der Waals surface area contributed by atoms with Crippen LogP contribution >= 0.6 is 15.9 Å². The highest BCUT2D eigenvalue weighted by Gasteiger charge is 2.59. The van der Waals surface area contributed by atoms with Crippen LogP contribution in [0.3, 0.4) is 0 Å². The number of rotatable bonds is 2. The van der Waals surface area contributed by atoms with E-state index < -0.39 is 0 Å². The zero-order valence-corrected chi connectivity index (χ0v) is 12.4. The summed E-state index contributed by atoms with van der Waals surface area (Å²) in [5, 5.41) is 0. The lowest BCUT2D eigenvalue weighted by molar-refractivity contribution is -0.141. The molecule has 3 nitrogen and oxygen atoms in total. The largest absolute Gasteiger partial charge is 0.278 e. The standard InChI is InChI=1S/C16H14BrNO2/c17-12-3-1-2-9(6-12)8-18-15(19)13-10-4-5-11(7-10)14(13)16(18)20/h1-6,10-11,13-14H,7-8H2. The first-order valence-corrected chi connectivity index (χ1v) is 7.72. The molecule has 2 fully saturated rings. The van der Waals surface area contributed by atoms with Crippen molar-refractivity contribution in [2.75, 3.05) is 0 Å². The van der Waals surface area contributed by atoms with Gasteiger partial charge in [-0.25, -0.2) is 0 Å². The molecular weight excluding hydrogens is 318 g/mol. The molecule has 0 N–H and O–H groups in total. The average molecular weight is 332 g/mol. The van der Waals surface area contributed by atoms with E-state index in [9.17, 15) is 9.59 Å². The van der Waals surface area contributed by atoms with Crippen molar-refractivity contribution >= 4 is 27.7 Å². The predicted octanol–water partition coefficient (Wildman–Crippen LogP) is 2.76. The Morgan fingerprint density at radius 2 is 1.75 bits per heavy atom. The minimum absolute atomic E-state index is 0.0248. The Morgan fingerprint density at radius 3 is 2.35 bits per heavy atom. The lowest BCUT2D eigenvalue weighted by Crippen LogP contribution is -2.32. The van der Waals surface area contributed by atoms with Crippen molar-refractivity contribution in [3.05, 3.63) is 46.5 Å². The molecule has 2 aliphatic carbocycles. The van der Waals surface area contributed by atoms with E-state index in [1.165, 1.54) is 4.90 Å². The highest BCUT2D eigenvalue weighted by Crippen LogP contribution is 2.52. The molecular formula is C16H14BrNO2. The van der Waals surface area contributed by atoms with E-state index in [0.717, 1.165) is 16.5 Å². The third-order valence-electron chi connectivity index (χ3n) is 4.79. The highest BCUT2D eigenvalue weighted by atomic mass is 79.9. The average Bonchev–Trinajstić information content (AvgIpc) is 3.09. The van der Waals surface area contributed by atoms with Crippen LogP contribution in [0, 0.1) is 23.7 Å². The van der Waals surface area contributed by atoms with Crippen LogP contribution < -0.4 is 0 Å². The van der Waals surface area contributed by atoms with Crippen molar-refractivity contribution in [2.45, 2.75) is 13.0 Å². The van der Waals surface area contributed by atoms with Gasteiger partial charge in [-0.3, -0.25) is 14.5 Å². The van der Waals surface area contributed by atoms with E-state index in [0.29, 0.717) is 6.54 Å². The van der Waals surface area contributed by atoms with Crippen LogP contribution in [-0.2, 0) is 16.1 Å². The van der Waals surface area contributed by atoms with Gasteiger partial charge in [0, 0.05) is 4.47 Å². The molecule has 0 radical (unpaired) electrons. The van der Waals surface area contributed by atoms with Crippen molar-refractivity contribution in [3.63, 3.8) is 0 Å². The van der Waals surface area contributed by atoms with Gasteiger partial charge in [0.05, 0.1) is 18.4 Å². The van der Waals surface area contributed by atoms with E-state index in [2.05, 4.69) is 28.1 Å². The van der Waals surface area contributed by atoms with Gasteiger partial charge in [0.15, 0.2) is 0 Å². The van der Waals surface area contributed by atoms with E-state index in [4.69, 9.17) is 0 Å². The normalized spacial score (nSPS) is 34.1. The summed E-state index contributed by atoms with van der Waals surface area (Å²) < 4.78 is 0.969. The number of amides is 2. The predicted molar refractivity (Wildman–Crippen MR) is 77.4 cm³/mol. The molecule has 4 atom stereocenters. The van der Waals surface area contributed by atoms with Gasteiger partial charge in [-0.15, -0.1) is 0 Å². The maximum absolute atomic E-state index is 12.5. The monoisotopic (exact) mass is 331 g/mol. The number of carbonyl (C=O) groups is 2. The molecule has 2 amide bonds. The van der Waals surface area contributed by atoms with Crippen LogP contribution in [0.5, 0.6) is 0 Å². The summed E-state index contributed by atoms with van der Waals surface area (Å²) in [5.41, 5.74) is 0.987. The van der Waals surface area contributed by atoms with Crippen LogP contribution in [-0.4, -0.2) is 16.7 Å². The number of halogens is 1. The summed E-state index contributed by atoms with van der Waals surface area (Å²) in [4.78, 5) is 26.5. The van der Waals surface area contributed by atoms with Gasteiger partial charge >= 0.3 is 0 Å². The quantitative estimate of drug-likeness (QED) is 0.617. The number of carbonyl (C=O) groups excluding carboxylic acids is 2. The lowest BCUT2D eigenvalue weighted by atomic mass is 9.85. The number of hydrogen-bond donors (Lipinski definition) is 0.